The average molecular weight is 479 g/mol. The van der Waals surface area contributed by atoms with Crippen LogP contribution in [0, 0.1) is 0 Å². The van der Waals surface area contributed by atoms with E-state index in [1.54, 1.807) is 24.5 Å². The fourth-order valence-corrected chi connectivity index (χ4v) is 4.73. The Labute approximate surface area is 205 Å². The maximum Gasteiger partial charge on any atom is 0.339 e. The number of esters is 1. The molecule has 178 valence electrons. The Balaban J connectivity index is 1.39. The second kappa shape index (κ2) is 8.85. The molecule has 0 amide bonds. The van der Waals surface area contributed by atoms with E-state index in [2.05, 4.69) is 0 Å². The average Bonchev–Trinajstić information content (AvgIpc) is 3.55. The SMILES string of the molecule is COc1ccc2c(COC(=O)c3c4c(nc5ccccc35)C(=Cc3ccco3)CC4)cc(=O)oc2c1. The highest BCUT2D eigenvalue weighted by Gasteiger charge is 2.28. The van der Waals surface area contributed by atoms with E-state index < -0.39 is 11.6 Å². The molecule has 2 aromatic carbocycles. The van der Waals surface area contributed by atoms with Crippen LogP contribution in [0.25, 0.3) is 33.5 Å². The van der Waals surface area contributed by atoms with Gasteiger partial charge in [-0.25, -0.2) is 14.6 Å². The molecule has 0 bridgehead atoms. The monoisotopic (exact) mass is 479 g/mol. The van der Waals surface area contributed by atoms with E-state index in [0.717, 1.165) is 34.4 Å². The van der Waals surface area contributed by atoms with Crippen LogP contribution in [0.4, 0.5) is 0 Å². The summed E-state index contributed by atoms with van der Waals surface area (Å²) in [6, 6.07) is 17.8. The number of aromatic nitrogens is 1. The molecule has 6 rings (SSSR count). The first-order valence-electron chi connectivity index (χ1n) is 11.5. The highest BCUT2D eigenvalue weighted by Crippen LogP contribution is 2.38. The maximum atomic E-state index is 13.5. The number of benzene rings is 2. The Morgan fingerprint density at radius 2 is 1.94 bits per heavy atom. The van der Waals surface area contributed by atoms with Crippen LogP contribution in [0.2, 0.25) is 0 Å². The van der Waals surface area contributed by atoms with Gasteiger partial charge in [0.1, 0.15) is 23.7 Å². The van der Waals surface area contributed by atoms with Crippen LogP contribution in [0.3, 0.4) is 0 Å². The molecular weight excluding hydrogens is 458 g/mol. The molecule has 3 heterocycles. The topological polar surface area (TPSA) is 91.8 Å². The second-order valence-corrected chi connectivity index (χ2v) is 8.55. The lowest BCUT2D eigenvalue weighted by Gasteiger charge is -2.13. The van der Waals surface area contributed by atoms with Gasteiger partial charge in [0.05, 0.1) is 30.1 Å². The smallest absolute Gasteiger partial charge is 0.339 e. The van der Waals surface area contributed by atoms with E-state index in [9.17, 15) is 9.59 Å². The Kier molecular flexibility index (Phi) is 5.37. The molecule has 7 nitrogen and oxygen atoms in total. The van der Waals surface area contributed by atoms with Gasteiger partial charge in [0.15, 0.2) is 0 Å². The number of hydrogen-bond acceptors (Lipinski definition) is 7. The third kappa shape index (κ3) is 3.84. The van der Waals surface area contributed by atoms with E-state index in [-0.39, 0.29) is 6.61 Å². The number of nitrogens with zero attached hydrogens (tertiary/aromatic N) is 1. The molecule has 0 atom stereocenters. The number of para-hydroxylation sites is 1. The lowest BCUT2D eigenvalue weighted by molar-refractivity contribution is 0.0475. The number of methoxy groups -OCH3 is 1. The summed E-state index contributed by atoms with van der Waals surface area (Å²) in [5.74, 6) is 0.847. The standard InChI is InChI=1S/C29H21NO6/c1-33-19-9-11-21-18(14-26(31)36-25(21)15-19)16-35-29(32)27-22-6-2-3-7-24(22)30-28-17(8-10-23(27)28)13-20-5-4-12-34-20/h2-7,9,11-15H,8,10,16H2,1H3. The number of fused-ring (bicyclic) bond motifs is 3. The van der Waals surface area contributed by atoms with Crippen LogP contribution < -0.4 is 10.4 Å². The van der Waals surface area contributed by atoms with Gasteiger partial charge in [-0.15, -0.1) is 0 Å². The van der Waals surface area contributed by atoms with E-state index in [4.69, 9.17) is 23.3 Å². The molecule has 1 aliphatic rings. The van der Waals surface area contributed by atoms with Crippen LogP contribution in [0.1, 0.15) is 39.4 Å². The van der Waals surface area contributed by atoms with Crippen molar-refractivity contribution in [3.8, 4) is 5.75 Å². The number of hydrogen-bond donors (Lipinski definition) is 0. The van der Waals surface area contributed by atoms with Gasteiger partial charge in [-0.3, -0.25) is 0 Å². The molecular formula is C29H21NO6. The zero-order valence-electron chi connectivity index (χ0n) is 19.4. The van der Waals surface area contributed by atoms with Crippen LogP contribution in [0.5, 0.6) is 5.75 Å². The van der Waals surface area contributed by atoms with Crippen molar-refractivity contribution in [1.82, 2.24) is 4.98 Å². The summed E-state index contributed by atoms with van der Waals surface area (Å²) >= 11 is 0. The second-order valence-electron chi connectivity index (χ2n) is 8.55. The third-order valence-electron chi connectivity index (χ3n) is 6.40. The molecule has 0 N–H and O–H groups in total. The van der Waals surface area contributed by atoms with Gasteiger partial charge in [0.2, 0.25) is 0 Å². The zero-order valence-corrected chi connectivity index (χ0v) is 19.4. The summed E-state index contributed by atoms with van der Waals surface area (Å²) in [4.78, 5) is 30.5. The lowest BCUT2D eigenvalue weighted by atomic mass is 10.0. The van der Waals surface area contributed by atoms with Crippen LogP contribution in [-0.4, -0.2) is 18.1 Å². The Morgan fingerprint density at radius 1 is 1.06 bits per heavy atom. The Bertz CT molecular complexity index is 1710. The minimum atomic E-state index is -0.523. The van der Waals surface area contributed by atoms with E-state index >= 15 is 0 Å². The normalized spacial score (nSPS) is 13.9. The first-order valence-corrected chi connectivity index (χ1v) is 11.5. The number of allylic oxidation sites excluding steroid dienone is 1. The zero-order chi connectivity index (χ0) is 24.6. The van der Waals surface area contributed by atoms with E-state index in [1.807, 2.05) is 42.5 Å². The highest BCUT2D eigenvalue weighted by atomic mass is 16.5. The first-order chi connectivity index (χ1) is 17.6. The van der Waals surface area contributed by atoms with Crippen molar-refractivity contribution in [3.63, 3.8) is 0 Å². The molecule has 0 aliphatic heterocycles. The number of carbonyl (C=O) groups is 1. The molecule has 1 aliphatic carbocycles. The molecule has 0 saturated carbocycles. The van der Waals surface area contributed by atoms with Gasteiger partial charge in [-0.1, -0.05) is 18.2 Å². The van der Waals surface area contributed by atoms with Gasteiger partial charge in [-0.2, -0.15) is 0 Å². The molecule has 0 saturated heterocycles. The molecule has 0 fully saturated rings. The van der Waals surface area contributed by atoms with E-state index in [1.165, 1.54) is 13.2 Å². The summed E-state index contributed by atoms with van der Waals surface area (Å²) < 4.78 is 21.8. The summed E-state index contributed by atoms with van der Waals surface area (Å²) in [5, 5.41) is 1.42. The summed E-state index contributed by atoms with van der Waals surface area (Å²) in [7, 11) is 1.54. The van der Waals surface area contributed by atoms with Crippen LogP contribution in [0.15, 0.2) is 80.6 Å². The number of furan rings is 1. The lowest BCUT2D eigenvalue weighted by Crippen LogP contribution is -2.11. The van der Waals surface area contributed by atoms with E-state index in [0.29, 0.717) is 39.8 Å². The predicted octanol–water partition coefficient (Wildman–Crippen LogP) is 5.79. The van der Waals surface area contributed by atoms with Gasteiger partial charge >= 0.3 is 11.6 Å². The van der Waals surface area contributed by atoms with Crippen molar-refractivity contribution in [1.29, 1.82) is 0 Å². The summed E-state index contributed by atoms with van der Waals surface area (Å²) in [6.45, 7) is -0.0756. The fourth-order valence-electron chi connectivity index (χ4n) is 4.73. The largest absolute Gasteiger partial charge is 0.497 e. The number of ether oxygens (including phenoxy) is 2. The first kappa shape index (κ1) is 21.9. The number of carbonyl (C=O) groups excluding carboxylic acids is 1. The van der Waals surface area contributed by atoms with Crippen molar-refractivity contribution < 1.29 is 23.1 Å². The molecule has 3 aromatic heterocycles. The number of rotatable bonds is 5. The van der Waals surface area contributed by atoms with Gasteiger partial charge in [0.25, 0.3) is 0 Å². The van der Waals surface area contributed by atoms with Crippen molar-refractivity contribution in [2.45, 2.75) is 19.4 Å². The van der Waals surface area contributed by atoms with Crippen molar-refractivity contribution in [3.05, 3.63) is 105 Å². The predicted molar refractivity (Wildman–Crippen MR) is 135 cm³/mol. The minimum Gasteiger partial charge on any atom is -0.497 e. The quantitative estimate of drug-likeness (QED) is 0.233. The fraction of sp³-hybridized carbons (Fsp3) is 0.138. The minimum absolute atomic E-state index is 0.0756. The van der Waals surface area contributed by atoms with Crippen LogP contribution in [-0.2, 0) is 17.8 Å². The van der Waals surface area contributed by atoms with Gasteiger partial charge < -0.3 is 18.3 Å². The molecule has 0 unspecified atom stereocenters. The highest BCUT2D eigenvalue weighted by molar-refractivity contribution is 6.07. The third-order valence-corrected chi connectivity index (χ3v) is 6.40. The van der Waals surface area contributed by atoms with Crippen molar-refractivity contribution in [2.24, 2.45) is 0 Å². The molecule has 0 spiro atoms. The Morgan fingerprint density at radius 3 is 2.78 bits per heavy atom. The van der Waals surface area contributed by atoms with Crippen molar-refractivity contribution in [2.75, 3.05) is 7.11 Å². The maximum absolute atomic E-state index is 13.5. The summed E-state index contributed by atoms with van der Waals surface area (Å²) in [6.07, 6.45) is 5.00. The Hall–Kier alpha value is -4.65. The molecule has 0 radical (unpaired) electrons. The van der Waals surface area contributed by atoms with Gasteiger partial charge in [0, 0.05) is 28.5 Å². The molecule has 5 aromatic rings. The molecule has 7 heteroatoms. The van der Waals surface area contributed by atoms with Crippen LogP contribution >= 0.6 is 0 Å². The number of pyridine rings is 1. The molecule has 36 heavy (non-hydrogen) atoms. The summed E-state index contributed by atoms with van der Waals surface area (Å²) in [5.41, 5.74) is 4.29. The van der Waals surface area contributed by atoms with Crippen molar-refractivity contribution >= 4 is 39.5 Å². The van der Waals surface area contributed by atoms with Gasteiger partial charge in [-0.05, 0) is 60.4 Å².